The summed E-state index contributed by atoms with van der Waals surface area (Å²) in [7, 11) is -3.57. The standard InChI is InChI=1S/C6H8O.C5H7NO3S/c7-6-4-2-1-3-5-6;1-5-2-3-6-10(7,8)9-4-5/h1-2H,3-5H2;2-4,6H,1H3. The summed E-state index contributed by atoms with van der Waals surface area (Å²) in [5.74, 6) is 0.377. The van der Waals surface area contributed by atoms with Crippen LogP contribution in [0.25, 0.3) is 0 Å². The van der Waals surface area contributed by atoms with Gasteiger partial charge >= 0.3 is 10.3 Å². The van der Waals surface area contributed by atoms with Crippen LogP contribution < -0.4 is 4.72 Å². The van der Waals surface area contributed by atoms with Crippen molar-refractivity contribution in [3.8, 4) is 0 Å². The number of carbonyl (C=O) groups excluding carboxylic acids is 1. The molecule has 2 rings (SSSR count). The molecule has 0 aromatic rings. The van der Waals surface area contributed by atoms with Gasteiger partial charge in [-0.15, -0.1) is 0 Å². The third kappa shape index (κ3) is 5.91. The zero-order valence-electron chi connectivity index (χ0n) is 9.55. The summed E-state index contributed by atoms with van der Waals surface area (Å²) in [6.07, 6.45) is 10.5. The third-order valence-corrected chi connectivity index (χ3v) is 2.80. The molecule has 1 aliphatic carbocycles. The van der Waals surface area contributed by atoms with Crippen LogP contribution in [0.5, 0.6) is 0 Å². The SMILES string of the molecule is CC1=COS(=O)(=O)NC=C1.O=C1CC=CCC1. The average molecular weight is 257 g/mol. The fraction of sp³-hybridized carbons (Fsp3) is 0.364. The summed E-state index contributed by atoms with van der Waals surface area (Å²) in [6, 6.07) is 0. The number of ketones is 1. The first kappa shape index (κ1) is 13.5. The highest BCUT2D eigenvalue weighted by molar-refractivity contribution is 7.84. The Balaban J connectivity index is 0.000000181. The van der Waals surface area contributed by atoms with E-state index in [1.54, 1.807) is 13.0 Å². The lowest BCUT2D eigenvalue weighted by Gasteiger charge is -1.97. The van der Waals surface area contributed by atoms with Crippen LogP contribution in [0.4, 0.5) is 0 Å². The first-order chi connectivity index (χ1) is 7.99. The van der Waals surface area contributed by atoms with E-state index < -0.39 is 10.3 Å². The number of nitrogens with one attached hydrogen (secondary N) is 1. The normalized spacial score (nSPS) is 21.2. The lowest BCUT2D eigenvalue weighted by molar-refractivity contribution is -0.118. The first-order valence-corrected chi connectivity index (χ1v) is 6.61. The van der Waals surface area contributed by atoms with E-state index in [1.165, 1.54) is 12.5 Å². The maximum Gasteiger partial charge on any atom is 0.406 e. The molecule has 0 bridgehead atoms. The van der Waals surface area contributed by atoms with Crippen molar-refractivity contribution in [3.63, 3.8) is 0 Å². The second kappa shape index (κ2) is 6.24. The van der Waals surface area contributed by atoms with Crippen molar-refractivity contribution in [2.75, 3.05) is 0 Å². The molecule has 0 amide bonds. The van der Waals surface area contributed by atoms with Gasteiger partial charge in [-0.25, -0.2) is 0 Å². The van der Waals surface area contributed by atoms with Gasteiger partial charge in [-0.05, 0) is 25.0 Å². The molecule has 0 aromatic heterocycles. The van der Waals surface area contributed by atoms with Gasteiger partial charge in [-0.3, -0.25) is 9.52 Å². The minimum absolute atomic E-state index is 0.377. The highest BCUT2D eigenvalue weighted by Gasteiger charge is 2.07. The van der Waals surface area contributed by atoms with Gasteiger partial charge in [0.05, 0.1) is 0 Å². The monoisotopic (exact) mass is 257 g/mol. The second-order valence-corrected chi connectivity index (χ2v) is 4.95. The van der Waals surface area contributed by atoms with E-state index in [2.05, 4.69) is 15.0 Å². The highest BCUT2D eigenvalue weighted by atomic mass is 32.2. The zero-order valence-corrected chi connectivity index (χ0v) is 10.4. The number of rotatable bonds is 0. The van der Waals surface area contributed by atoms with Gasteiger partial charge in [0.2, 0.25) is 0 Å². The van der Waals surface area contributed by atoms with Crippen LogP contribution in [0, 0.1) is 0 Å². The molecule has 1 heterocycles. The van der Waals surface area contributed by atoms with Crippen molar-refractivity contribution in [2.45, 2.75) is 26.2 Å². The summed E-state index contributed by atoms with van der Waals surface area (Å²) in [5, 5.41) is 0. The Bertz CT molecular complexity index is 460. The molecule has 0 fully saturated rings. The summed E-state index contributed by atoms with van der Waals surface area (Å²) in [5.41, 5.74) is 0.744. The minimum atomic E-state index is -3.57. The number of allylic oxidation sites excluding steroid dienone is 4. The maximum absolute atomic E-state index is 10.6. The fourth-order valence-corrected chi connectivity index (χ4v) is 1.70. The summed E-state index contributed by atoms with van der Waals surface area (Å²) < 4.78 is 27.6. The second-order valence-electron chi connectivity index (χ2n) is 3.62. The van der Waals surface area contributed by atoms with Crippen molar-refractivity contribution in [1.82, 2.24) is 4.72 Å². The number of carbonyl (C=O) groups is 1. The van der Waals surface area contributed by atoms with Gasteiger partial charge in [0.25, 0.3) is 0 Å². The van der Waals surface area contributed by atoms with Gasteiger partial charge < -0.3 is 4.18 Å². The maximum atomic E-state index is 10.6. The molecule has 0 saturated carbocycles. The van der Waals surface area contributed by atoms with Gasteiger partial charge in [-0.2, -0.15) is 8.42 Å². The summed E-state index contributed by atoms with van der Waals surface area (Å²) in [6.45, 7) is 1.74. The molecule has 0 unspecified atom stereocenters. The predicted octanol–water partition coefficient (Wildman–Crippen LogP) is 1.56. The van der Waals surface area contributed by atoms with E-state index in [1.807, 2.05) is 6.08 Å². The van der Waals surface area contributed by atoms with Gasteiger partial charge in [-0.1, -0.05) is 12.2 Å². The molecule has 0 atom stereocenters. The summed E-state index contributed by atoms with van der Waals surface area (Å²) in [4.78, 5) is 10.4. The van der Waals surface area contributed by atoms with E-state index >= 15 is 0 Å². The molecule has 17 heavy (non-hydrogen) atoms. The molecule has 0 spiro atoms. The first-order valence-electron chi connectivity index (χ1n) is 5.20. The Hall–Kier alpha value is -1.56. The van der Waals surface area contributed by atoms with Crippen LogP contribution >= 0.6 is 0 Å². The fourth-order valence-electron chi connectivity index (χ4n) is 1.13. The molecule has 0 saturated heterocycles. The van der Waals surface area contributed by atoms with Crippen molar-refractivity contribution >= 4 is 16.1 Å². The van der Waals surface area contributed by atoms with E-state index in [0.717, 1.165) is 18.4 Å². The molecule has 1 N–H and O–H groups in total. The van der Waals surface area contributed by atoms with Crippen LogP contribution in [0.2, 0.25) is 0 Å². The molecular formula is C11H15NO4S. The zero-order chi connectivity index (χ0) is 12.7. The Labute approximate surface area is 101 Å². The quantitative estimate of drug-likeness (QED) is 0.668. The largest absolute Gasteiger partial charge is 0.406 e. The third-order valence-electron chi connectivity index (χ3n) is 2.02. The van der Waals surface area contributed by atoms with E-state index in [4.69, 9.17) is 0 Å². The Kier molecular flexibility index (Phi) is 4.96. The van der Waals surface area contributed by atoms with Crippen molar-refractivity contribution < 1.29 is 17.4 Å². The Morgan fingerprint density at radius 1 is 1.35 bits per heavy atom. The number of hydrogen-bond donors (Lipinski definition) is 1. The van der Waals surface area contributed by atoms with Crippen LogP contribution in [0.1, 0.15) is 26.2 Å². The van der Waals surface area contributed by atoms with Crippen molar-refractivity contribution in [1.29, 1.82) is 0 Å². The van der Waals surface area contributed by atoms with Crippen LogP contribution in [-0.4, -0.2) is 14.2 Å². The molecule has 1 aliphatic heterocycles. The Morgan fingerprint density at radius 3 is 2.65 bits per heavy atom. The molecule has 0 aromatic carbocycles. The van der Waals surface area contributed by atoms with Gasteiger partial charge in [0.1, 0.15) is 12.0 Å². The average Bonchev–Trinajstić information content (AvgIpc) is 2.42. The smallest absolute Gasteiger partial charge is 0.375 e. The highest BCUT2D eigenvalue weighted by Crippen LogP contribution is 2.03. The number of hydrogen-bond acceptors (Lipinski definition) is 4. The van der Waals surface area contributed by atoms with E-state index in [-0.39, 0.29) is 0 Å². The van der Waals surface area contributed by atoms with Crippen LogP contribution in [0.3, 0.4) is 0 Å². The topological polar surface area (TPSA) is 72.5 Å². The lowest BCUT2D eigenvalue weighted by Crippen LogP contribution is -2.17. The number of Topliss-reactive ketones (excluding diaryl/α,β-unsaturated/α-hetero) is 1. The Morgan fingerprint density at radius 2 is 2.12 bits per heavy atom. The molecule has 5 nitrogen and oxygen atoms in total. The molecular weight excluding hydrogens is 242 g/mol. The van der Waals surface area contributed by atoms with Crippen molar-refractivity contribution in [2.24, 2.45) is 0 Å². The van der Waals surface area contributed by atoms with Gasteiger partial charge in [0.15, 0.2) is 0 Å². The summed E-state index contributed by atoms with van der Waals surface area (Å²) >= 11 is 0. The lowest BCUT2D eigenvalue weighted by atomic mass is 10.1. The molecule has 94 valence electrons. The minimum Gasteiger partial charge on any atom is -0.375 e. The molecule has 0 radical (unpaired) electrons. The van der Waals surface area contributed by atoms with E-state index in [0.29, 0.717) is 12.2 Å². The predicted molar refractivity (Wildman–Crippen MR) is 64.0 cm³/mol. The molecule has 2 aliphatic rings. The van der Waals surface area contributed by atoms with Crippen LogP contribution in [0.15, 0.2) is 36.3 Å². The van der Waals surface area contributed by atoms with Crippen molar-refractivity contribution in [3.05, 3.63) is 36.3 Å². The molecule has 6 heteroatoms. The van der Waals surface area contributed by atoms with Gasteiger partial charge in [0, 0.05) is 19.0 Å². The van der Waals surface area contributed by atoms with Crippen LogP contribution in [-0.2, 0) is 19.3 Å². The van der Waals surface area contributed by atoms with E-state index in [9.17, 15) is 13.2 Å².